The lowest BCUT2D eigenvalue weighted by atomic mass is 10.1. The summed E-state index contributed by atoms with van der Waals surface area (Å²) in [7, 11) is 0. The molecule has 0 aromatic carbocycles. The zero-order chi connectivity index (χ0) is 13.8. The van der Waals surface area contributed by atoms with Crippen molar-refractivity contribution in [3.8, 4) is 0 Å². The first-order valence-corrected chi connectivity index (χ1v) is 8.63. The summed E-state index contributed by atoms with van der Waals surface area (Å²) in [6, 6.07) is 0. The Balaban J connectivity index is 1.88. The predicted octanol–water partition coefficient (Wildman–Crippen LogP) is 5.45. The van der Waals surface area contributed by atoms with Crippen molar-refractivity contribution in [3.05, 3.63) is 0 Å². The molecule has 0 saturated carbocycles. The Labute approximate surface area is 120 Å². The van der Waals surface area contributed by atoms with Crippen molar-refractivity contribution in [2.24, 2.45) is 0 Å². The molecule has 0 aromatic heterocycles. The van der Waals surface area contributed by atoms with Gasteiger partial charge in [-0.15, -0.1) is 0 Å². The van der Waals surface area contributed by atoms with Crippen LogP contribution in [0.4, 0.5) is 0 Å². The third kappa shape index (κ3) is 8.65. The molecule has 0 aromatic rings. The highest BCUT2D eigenvalue weighted by Crippen LogP contribution is 2.24. The molecule has 0 N–H and O–H groups in total. The maximum atomic E-state index is 5.93. The Bertz CT molecular complexity index is 194. The minimum atomic E-state index is 0.0993. The largest absolute Gasteiger partial charge is 0.353 e. The van der Waals surface area contributed by atoms with Crippen LogP contribution in [0.1, 0.15) is 90.9 Å². The normalized spacial score (nSPS) is 23.1. The van der Waals surface area contributed by atoms with Crippen LogP contribution in [-0.2, 0) is 9.47 Å². The molecule has 2 nitrogen and oxygen atoms in total. The van der Waals surface area contributed by atoms with Gasteiger partial charge in [-0.2, -0.15) is 0 Å². The minimum absolute atomic E-state index is 0.0993. The zero-order valence-corrected chi connectivity index (χ0v) is 13.2. The van der Waals surface area contributed by atoms with Gasteiger partial charge in [-0.1, -0.05) is 65.2 Å². The van der Waals surface area contributed by atoms with E-state index >= 15 is 0 Å². The van der Waals surface area contributed by atoms with Crippen molar-refractivity contribution < 1.29 is 9.47 Å². The van der Waals surface area contributed by atoms with Gasteiger partial charge in [-0.05, 0) is 19.3 Å². The minimum Gasteiger partial charge on any atom is -0.353 e. The molecule has 1 fully saturated rings. The maximum Gasteiger partial charge on any atom is 0.158 e. The fraction of sp³-hybridized carbons (Fsp3) is 1.00. The Morgan fingerprint density at radius 3 is 2.32 bits per heavy atom. The molecule has 114 valence electrons. The number of hydrogen-bond acceptors (Lipinski definition) is 2. The molecule has 1 rings (SSSR count). The number of hydrogen-bond donors (Lipinski definition) is 0. The second-order valence-corrected chi connectivity index (χ2v) is 5.90. The fourth-order valence-corrected chi connectivity index (χ4v) is 2.73. The lowest BCUT2D eigenvalue weighted by molar-refractivity contribution is -0.135. The van der Waals surface area contributed by atoms with E-state index in [0.29, 0.717) is 6.10 Å². The van der Waals surface area contributed by atoms with Crippen LogP contribution in [0.15, 0.2) is 0 Å². The molecular formula is C17H34O2. The van der Waals surface area contributed by atoms with Crippen LogP contribution in [0, 0.1) is 0 Å². The quantitative estimate of drug-likeness (QED) is 0.439. The molecule has 0 spiro atoms. The highest BCUT2D eigenvalue weighted by molar-refractivity contribution is 4.68. The first-order chi connectivity index (χ1) is 9.36. The lowest BCUT2D eigenvalue weighted by Crippen LogP contribution is -2.15. The number of unbranched alkanes of at least 4 members (excludes halogenated alkanes) is 7. The molecule has 2 heteroatoms. The molecule has 0 amide bonds. The van der Waals surface area contributed by atoms with E-state index in [4.69, 9.17) is 9.47 Å². The highest BCUT2D eigenvalue weighted by Gasteiger charge is 2.24. The molecule has 1 saturated heterocycles. The molecule has 1 aliphatic rings. The van der Waals surface area contributed by atoms with Crippen LogP contribution in [0.3, 0.4) is 0 Å². The lowest BCUT2D eigenvalue weighted by Gasteiger charge is -2.14. The van der Waals surface area contributed by atoms with E-state index in [9.17, 15) is 0 Å². The second kappa shape index (κ2) is 11.7. The van der Waals surface area contributed by atoms with Gasteiger partial charge in [0.05, 0.1) is 6.10 Å². The average molecular weight is 270 g/mol. The van der Waals surface area contributed by atoms with Crippen LogP contribution in [0.5, 0.6) is 0 Å². The van der Waals surface area contributed by atoms with Gasteiger partial charge < -0.3 is 9.47 Å². The highest BCUT2D eigenvalue weighted by atomic mass is 16.7. The van der Waals surface area contributed by atoms with Crippen LogP contribution >= 0.6 is 0 Å². The first-order valence-electron chi connectivity index (χ1n) is 8.63. The van der Waals surface area contributed by atoms with Crippen molar-refractivity contribution in [2.45, 2.75) is 103 Å². The predicted molar refractivity (Wildman–Crippen MR) is 81.4 cm³/mol. The monoisotopic (exact) mass is 270 g/mol. The van der Waals surface area contributed by atoms with Gasteiger partial charge in [0.2, 0.25) is 0 Å². The molecular weight excluding hydrogens is 236 g/mol. The van der Waals surface area contributed by atoms with Gasteiger partial charge >= 0.3 is 0 Å². The third-order valence-electron chi connectivity index (χ3n) is 4.00. The fourth-order valence-electron chi connectivity index (χ4n) is 2.73. The first kappa shape index (κ1) is 17.0. The van der Waals surface area contributed by atoms with Crippen molar-refractivity contribution in [2.75, 3.05) is 6.61 Å². The second-order valence-electron chi connectivity index (χ2n) is 5.90. The topological polar surface area (TPSA) is 18.5 Å². The average Bonchev–Trinajstić information content (AvgIpc) is 2.86. The van der Waals surface area contributed by atoms with Crippen LogP contribution < -0.4 is 0 Å². The van der Waals surface area contributed by atoms with Crippen molar-refractivity contribution in [1.29, 1.82) is 0 Å². The Morgan fingerprint density at radius 1 is 0.842 bits per heavy atom. The van der Waals surface area contributed by atoms with Crippen molar-refractivity contribution in [1.82, 2.24) is 0 Å². The van der Waals surface area contributed by atoms with E-state index in [1.54, 1.807) is 0 Å². The van der Waals surface area contributed by atoms with Crippen molar-refractivity contribution in [3.63, 3.8) is 0 Å². The summed E-state index contributed by atoms with van der Waals surface area (Å²) in [4.78, 5) is 0. The van der Waals surface area contributed by atoms with Gasteiger partial charge in [0, 0.05) is 13.0 Å². The Kier molecular flexibility index (Phi) is 10.5. The summed E-state index contributed by atoms with van der Waals surface area (Å²) in [6.45, 7) is 5.40. The molecule has 1 heterocycles. The van der Waals surface area contributed by atoms with E-state index in [2.05, 4.69) is 13.8 Å². The molecule has 0 unspecified atom stereocenters. The summed E-state index contributed by atoms with van der Waals surface area (Å²) >= 11 is 0. The number of ether oxygens (including phenoxy) is 2. The van der Waals surface area contributed by atoms with E-state index in [1.807, 2.05) is 0 Å². The molecule has 1 aliphatic heterocycles. The molecule has 0 radical (unpaired) electrons. The smallest absolute Gasteiger partial charge is 0.158 e. The van der Waals surface area contributed by atoms with Gasteiger partial charge in [-0.3, -0.25) is 0 Å². The SMILES string of the molecule is CCCCCCCCO[C@H]1CC[C@@H](CCCCC)O1. The molecule has 0 aliphatic carbocycles. The van der Waals surface area contributed by atoms with Gasteiger partial charge in [0.15, 0.2) is 6.29 Å². The summed E-state index contributed by atoms with van der Waals surface area (Å²) in [5.74, 6) is 0. The third-order valence-corrected chi connectivity index (χ3v) is 4.00. The summed E-state index contributed by atoms with van der Waals surface area (Å²) < 4.78 is 11.8. The Hall–Kier alpha value is -0.0800. The summed E-state index contributed by atoms with van der Waals surface area (Å²) in [6.07, 6.45) is 16.0. The molecule has 19 heavy (non-hydrogen) atoms. The van der Waals surface area contributed by atoms with E-state index in [-0.39, 0.29) is 6.29 Å². The summed E-state index contributed by atoms with van der Waals surface area (Å²) in [5, 5.41) is 0. The summed E-state index contributed by atoms with van der Waals surface area (Å²) in [5.41, 5.74) is 0. The molecule has 0 bridgehead atoms. The zero-order valence-electron chi connectivity index (χ0n) is 13.2. The van der Waals surface area contributed by atoms with Crippen LogP contribution in [0.2, 0.25) is 0 Å². The standard InChI is InChI=1S/C17H34O2/c1-3-5-7-8-9-11-15-18-17-14-13-16(19-17)12-10-6-4-2/h16-17H,3-15H2,1-2H3/t16-,17-/m1/s1. The van der Waals surface area contributed by atoms with Crippen LogP contribution in [0.25, 0.3) is 0 Å². The van der Waals surface area contributed by atoms with Crippen LogP contribution in [-0.4, -0.2) is 19.0 Å². The van der Waals surface area contributed by atoms with Gasteiger partial charge in [-0.25, -0.2) is 0 Å². The molecule has 2 atom stereocenters. The Morgan fingerprint density at radius 2 is 1.53 bits per heavy atom. The van der Waals surface area contributed by atoms with Gasteiger partial charge in [0.1, 0.15) is 0 Å². The van der Waals surface area contributed by atoms with E-state index in [0.717, 1.165) is 13.0 Å². The number of rotatable bonds is 12. The van der Waals surface area contributed by atoms with E-state index in [1.165, 1.54) is 70.6 Å². The van der Waals surface area contributed by atoms with Gasteiger partial charge in [0.25, 0.3) is 0 Å². The van der Waals surface area contributed by atoms with Crippen molar-refractivity contribution >= 4 is 0 Å². The van der Waals surface area contributed by atoms with E-state index < -0.39 is 0 Å². The maximum absolute atomic E-state index is 5.93.